The molecule has 11 nitrogen and oxygen atoms in total. The lowest BCUT2D eigenvalue weighted by Crippen LogP contribution is -2.65. The molecule has 3 aliphatic rings. The normalized spacial score (nSPS) is 24.1. The fraction of sp³-hybridized carbons (Fsp3) is 0.657. The van der Waals surface area contributed by atoms with Crippen LogP contribution in [0.5, 0.6) is 17.5 Å². The molecule has 2 heterocycles. The lowest BCUT2D eigenvalue weighted by molar-refractivity contribution is -0.0480. The van der Waals surface area contributed by atoms with Crippen LogP contribution in [0.15, 0.2) is 22.1 Å². The minimum absolute atomic E-state index is 0.0876. The summed E-state index contributed by atoms with van der Waals surface area (Å²) in [6, 6.07) is -0.507. The largest absolute Gasteiger partial charge is 0.508 e. The van der Waals surface area contributed by atoms with E-state index in [-0.39, 0.29) is 27.8 Å². The molecule has 2 aromatic heterocycles. The number of aliphatic hydroxyl groups excluding tert-OH is 1. The highest BCUT2D eigenvalue weighted by Gasteiger charge is 2.67. The number of allylic oxidation sites excluding steroid dienone is 1. The minimum Gasteiger partial charge on any atom is -0.508 e. The number of nitrogens with zero attached hydrogens (tertiary/aromatic N) is 3. The van der Waals surface area contributed by atoms with Gasteiger partial charge in [0.25, 0.3) is 5.88 Å². The van der Waals surface area contributed by atoms with Crippen LogP contribution in [0.4, 0.5) is 0 Å². The number of carbonyl (C=O) groups excluding carboxylic acids is 2. The quantitative estimate of drug-likeness (QED) is 0.187. The fourth-order valence-corrected chi connectivity index (χ4v) is 8.46. The van der Waals surface area contributed by atoms with Gasteiger partial charge in [0.15, 0.2) is 25.5 Å². The molecule has 258 valence electrons. The first-order chi connectivity index (χ1) is 22.2. The van der Waals surface area contributed by atoms with Crippen LogP contribution in [0.3, 0.4) is 0 Å². The van der Waals surface area contributed by atoms with Gasteiger partial charge in [-0.2, -0.15) is 0 Å². The van der Waals surface area contributed by atoms with Gasteiger partial charge < -0.3 is 28.3 Å². The maximum atomic E-state index is 15.2. The Bertz CT molecular complexity index is 1560. The molecule has 0 aromatic carbocycles. The smallest absolute Gasteiger partial charge is 0.265 e. The lowest BCUT2D eigenvalue weighted by atomic mass is 9.58. The van der Waals surface area contributed by atoms with Gasteiger partial charge in [-0.05, 0) is 69.0 Å². The third-order valence-corrected chi connectivity index (χ3v) is 14.9. The second-order valence-corrected chi connectivity index (χ2v) is 19.5. The Kier molecular flexibility index (Phi) is 9.71. The number of ether oxygens (including phenoxy) is 3. The van der Waals surface area contributed by atoms with E-state index in [2.05, 4.69) is 57.9 Å². The highest BCUT2D eigenvalue weighted by Crippen LogP contribution is 2.60. The van der Waals surface area contributed by atoms with Gasteiger partial charge in [0.05, 0.1) is 38.1 Å². The molecule has 0 fully saturated rings. The number of ketones is 2. The van der Waals surface area contributed by atoms with E-state index in [0.717, 1.165) is 25.7 Å². The summed E-state index contributed by atoms with van der Waals surface area (Å²) in [6.45, 7) is 15.2. The van der Waals surface area contributed by atoms with Gasteiger partial charge in [-0.3, -0.25) is 14.5 Å². The molecule has 47 heavy (non-hydrogen) atoms. The molecule has 0 spiro atoms. The summed E-state index contributed by atoms with van der Waals surface area (Å²) in [5, 5.41) is 16.6. The number of hydrogen-bond acceptors (Lipinski definition) is 11. The molecular formula is C35H51N3O8Si. The van der Waals surface area contributed by atoms with Crippen LogP contribution in [0, 0.1) is 11.8 Å². The summed E-state index contributed by atoms with van der Waals surface area (Å²) in [5.74, 6) is -1.10. The van der Waals surface area contributed by atoms with Crippen LogP contribution in [-0.2, 0) is 10.8 Å². The summed E-state index contributed by atoms with van der Waals surface area (Å²) in [4.78, 5) is 36.3. The van der Waals surface area contributed by atoms with Crippen molar-refractivity contribution in [3.63, 3.8) is 0 Å². The molecule has 5 rings (SSSR count). The van der Waals surface area contributed by atoms with Gasteiger partial charge >= 0.3 is 0 Å². The molecular weight excluding hydrogens is 618 g/mol. The maximum absolute atomic E-state index is 15.2. The van der Waals surface area contributed by atoms with Crippen LogP contribution in [0.2, 0.25) is 18.1 Å². The number of rotatable bonds is 12. The maximum Gasteiger partial charge on any atom is 0.265 e. The number of hydrogen-bond donors (Lipinski definition) is 1. The average molecular weight is 670 g/mol. The average Bonchev–Trinajstić information content (AvgIpc) is 3.41. The molecule has 0 radical (unpaired) electrons. The zero-order valence-electron chi connectivity index (χ0n) is 29.6. The van der Waals surface area contributed by atoms with Crippen molar-refractivity contribution < 1.29 is 37.9 Å². The van der Waals surface area contributed by atoms with Gasteiger partial charge in [-0.1, -0.05) is 47.5 Å². The molecule has 2 aromatic rings. The number of pyridine rings is 1. The van der Waals surface area contributed by atoms with E-state index >= 15 is 4.79 Å². The Hall–Kier alpha value is -3.22. The first-order valence-corrected chi connectivity index (χ1v) is 19.8. The Balaban J connectivity index is 1.77. The summed E-state index contributed by atoms with van der Waals surface area (Å²) in [7, 11) is 2.55. The molecule has 0 saturated heterocycles. The molecule has 0 bridgehead atoms. The van der Waals surface area contributed by atoms with Crippen molar-refractivity contribution in [2.24, 2.45) is 11.8 Å². The first-order valence-electron chi connectivity index (χ1n) is 16.9. The van der Waals surface area contributed by atoms with Gasteiger partial charge in [0.1, 0.15) is 17.1 Å². The summed E-state index contributed by atoms with van der Waals surface area (Å²) in [5.41, 5.74) is -0.563. The van der Waals surface area contributed by atoms with Gasteiger partial charge in [0, 0.05) is 17.1 Å². The van der Waals surface area contributed by atoms with Crippen LogP contribution in [-0.4, -0.2) is 80.1 Å². The standard InChI is InChI=1S/C35H51N3O8Si/c1-11-13-15-43-23-19-36-32(42-8)21-17-20-18-22-27(38(6)7)29-26(33(37-45-29)44-16-14-12-2)31(41)35(22,46-47(9,10)34(3,4)5)30(40)24(20)28(39)25(21)23/h19-20,22,27,40H,11-18H2,1-10H3/t20-,22-,27-,35-/m0/s1. The highest BCUT2D eigenvalue weighted by atomic mass is 28.4. The van der Waals surface area contributed by atoms with E-state index < -0.39 is 43.4 Å². The summed E-state index contributed by atoms with van der Waals surface area (Å²) < 4.78 is 30.8. The molecule has 0 saturated carbocycles. The Labute approximate surface area is 279 Å². The van der Waals surface area contributed by atoms with Crippen molar-refractivity contribution >= 4 is 19.9 Å². The second kappa shape index (κ2) is 13.0. The molecule has 12 heteroatoms. The monoisotopic (exact) mass is 669 g/mol. The van der Waals surface area contributed by atoms with Crippen molar-refractivity contribution in [3.05, 3.63) is 40.0 Å². The van der Waals surface area contributed by atoms with E-state index in [1.54, 1.807) is 0 Å². The predicted molar refractivity (Wildman–Crippen MR) is 179 cm³/mol. The van der Waals surface area contributed by atoms with Crippen molar-refractivity contribution in [3.8, 4) is 17.5 Å². The number of Topliss-reactive ketones (excluding diaryl/α,β-unsaturated/α-hetero) is 2. The third kappa shape index (κ3) is 5.69. The molecule has 0 amide bonds. The highest BCUT2D eigenvalue weighted by molar-refractivity contribution is 6.74. The topological polar surface area (TPSA) is 133 Å². The van der Waals surface area contributed by atoms with Crippen molar-refractivity contribution in [2.45, 2.75) is 103 Å². The lowest BCUT2D eigenvalue weighted by Gasteiger charge is -2.55. The number of aliphatic hydroxyl groups is 1. The Morgan fingerprint density at radius 1 is 1.06 bits per heavy atom. The Morgan fingerprint density at radius 3 is 2.32 bits per heavy atom. The number of aromatic nitrogens is 2. The van der Waals surface area contributed by atoms with Gasteiger partial charge in [-0.15, -0.1) is 0 Å². The first kappa shape index (κ1) is 35.1. The molecule has 3 aliphatic carbocycles. The van der Waals surface area contributed by atoms with Crippen molar-refractivity contribution in [2.75, 3.05) is 34.4 Å². The summed E-state index contributed by atoms with van der Waals surface area (Å²) >= 11 is 0. The van der Waals surface area contributed by atoms with Crippen LogP contribution in [0.25, 0.3) is 0 Å². The molecule has 4 atom stereocenters. The third-order valence-electron chi connectivity index (χ3n) is 10.5. The summed E-state index contributed by atoms with van der Waals surface area (Å²) in [6.07, 6.45) is 5.65. The van der Waals surface area contributed by atoms with Gasteiger partial charge in [-0.25, -0.2) is 4.98 Å². The Morgan fingerprint density at radius 2 is 1.72 bits per heavy atom. The van der Waals surface area contributed by atoms with Crippen LogP contribution < -0.4 is 14.2 Å². The number of unbranched alkanes of at least 4 members (excludes halogenated alkanes) is 2. The predicted octanol–water partition coefficient (Wildman–Crippen LogP) is 6.88. The van der Waals surface area contributed by atoms with E-state index in [1.165, 1.54) is 13.3 Å². The molecule has 0 unspecified atom stereocenters. The molecule has 1 N–H and O–H groups in total. The number of methoxy groups -OCH3 is 1. The van der Waals surface area contributed by atoms with E-state index in [0.29, 0.717) is 54.6 Å². The van der Waals surface area contributed by atoms with E-state index in [9.17, 15) is 9.90 Å². The number of carbonyl (C=O) groups is 2. The molecule has 0 aliphatic heterocycles. The zero-order chi connectivity index (χ0) is 34.5. The van der Waals surface area contributed by atoms with E-state index in [1.807, 2.05) is 19.0 Å². The van der Waals surface area contributed by atoms with Crippen molar-refractivity contribution in [1.82, 2.24) is 15.0 Å². The SMILES string of the molecule is CCCCOc1cnc(OC)c2c1C(=O)C1=C(O)[C@]3(O[Si](C)(C)C(C)(C)C)C(=O)c4c(OCCCC)noc4[C@@H](N(C)C)[C@@H]3C[C@@H]1C2. The minimum atomic E-state index is -2.80. The number of fused-ring (bicyclic) bond motifs is 4. The van der Waals surface area contributed by atoms with E-state index in [4.69, 9.17) is 23.2 Å². The van der Waals surface area contributed by atoms with Crippen molar-refractivity contribution in [1.29, 1.82) is 0 Å². The van der Waals surface area contributed by atoms with Crippen LogP contribution >= 0.6 is 0 Å². The zero-order valence-corrected chi connectivity index (χ0v) is 30.6. The van der Waals surface area contributed by atoms with Gasteiger partial charge in [0.2, 0.25) is 11.7 Å². The van der Waals surface area contributed by atoms with Crippen LogP contribution in [0.1, 0.15) is 105 Å². The second-order valence-electron chi connectivity index (χ2n) is 14.8. The fourth-order valence-electron chi connectivity index (χ4n) is 7.01.